The van der Waals surface area contributed by atoms with Gasteiger partial charge in [-0.2, -0.15) is 5.10 Å². The van der Waals surface area contributed by atoms with Crippen LogP contribution in [0.4, 0.5) is 5.69 Å². The summed E-state index contributed by atoms with van der Waals surface area (Å²) in [6.45, 7) is 1.84. The van der Waals surface area contributed by atoms with E-state index >= 15 is 0 Å². The van der Waals surface area contributed by atoms with Crippen molar-refractivity contribution in [1.82, 2.24) is 5.43 Å². The van der Waals surface area contributed by atoms with Crippen LogP contribution in [0.2, 0.25) is 5.02 Å². The third-order valence-electron chi connectivity index (χ3n) is 3.42. The van der Waals surface area contributed by atoms with Gasteiger partial charge in [0, 0.05) is 10.7 Å². The van der Waals surface area contributed by atoms with Gasteiger partial charge in [0.15, 0.2) is 11.5 Å². The maximum absolute atomic E-state index is 11.9. The zero-order valence-corrected chi connectivity index (χ0v) is 15.3. The number of carbonyl (C=O) groups excluding carboxylic acids is 2. The molecule has 0 aliphatic heterocycles. The van der Waals surface area contributed by atoms with Crippen molar-refractivity contribution in [2.24, 2.45) is 5.10 Å². The van der Waals surface area contributed by atoms with Gasteiger partial charge in [-0.05, 0) is 48.4 Å². The van der Waals surface area contributed by atoms with Gasteiger partial charge in [-0.3, -0.25) is 9.59 Å². The molecule has 0 heterocycles. The molecule has 26 heavy (non-hydrogen) atoms. The van der Waals surface area contributed by atoms with E-state index in [9.17, 15) is 9.59 Å². The molecule has 0 radical (unpaired) electrons. The lowest BCUT2D eigenvalue weighted by molar-refractivity contribution is -0.136. The van der Waals surface area contributed by atoms with E-state index in [0.29, 0.717) is 27.8 Å². The Balaban J connectivity index is 1.95. The highest BCUT2D eigenvalue weighted by Crippen LogP contribution is 2.26. The maximum Gasteiger partial charge on any atom is 0.329 e. The lowest BCUT2D eigenvalue weighted by Gasteiger charge is -2.07. The lowest BCUT2D eigenvalue weighted by Crippen LogP contribution is -2.32. The van der Waals surface area contributed by atoms with Crippen LogP contribution in [-0.2, 0) is 9.59 Å². The van der Waals surface area contributed by atoms with Crippen LogP contribution in [0.3, 0.4) is 0 Å². The number of anilines is 1. The molecule has 0 saturated heterocycles. The number of hydrogen-bond donors (Lipinski definition) is 2. The summed E-state index contributed by atoms with van der Waals surface area (Å²) in [6, 6.07) is 10.1. The molecule has 2 amide bonds. The number of benzene rings is 2. The second-order valence-electron chi connectivity index (χ2n) is 5.23. The van der Waals surface area contributed by atoms with Crippen molar-refractivity contribution in [2.75, 3.05) is 19.5 Å². The summed E-state index contributed by atoms with van der Waals surface area (Å²) in [5, 5.41) is 6.70. The van der Waals surface area contributed by atoms with Gasteiger partial charge in [-0.15, -0.1) is 0 Å². The number of amides is 2. The minimum atomic E-state index is -0.904. The Hall–Kier alpha value is -3.06. The number of hydrazone groups is 1. The number of ether oxygens (including phenoxy) is 2. The molecule has 2 rings (SSSR count). The van der Waals surface area contributed by atoms with Gasteiger partial charge in [0.2, 0.25) is 0 Å². The fraction of sp³-hybridized carbons (Fsp3) is 0.167. The van der Waals surface area contributed by atoms with Crippen LogP contribution in [0, 0.1) is 6.92 Å². The first kappa shape index (κ1) is 19.3. The molecule has 2 aromatic rings. The van der Waals surface area contributed by atoms with Gasteiger partial charge in [0.1, 0.15) is 0 Å². The molecule has 2 aromatic carbocycles. The van der Waals surface area contributed by atoms with Gasteiger partial charge in [0.25, 0.3) is 0 Å². The summed E-state index contributed by atoms with van der Waals surface area (Å²) < 4.78 is 10.3. The molecule has 0 spiro atoms. The molecule has 2 N–H and O–H groups in total. The van der Waals surface area contributed by atoms with E-state index in [2.05, 4.69) is 15.8 Å². The number of methoxy groups -OCH3 is 2. The number of nitrogens with one attached hydrogen (secondary N) is 2. The molecular formula is C18H18ClN3O4. The van der Waals surface area contributed by atoms with E-state index in [-0.39, 0.29) is 0 Å². The van der Waals surface area contributed by atoms with Gasteiger partial charge in [-0.1, -0.05) is 17.7 Å². The Morgan fingerprint density at radius 2 is 1.77 bits per heavy atom. The fourth-order valence-electron chi connectivity index (χ4n) is 2.01. The highest BCUT2D eigenvalue weighted by atomic mass is 35.5. The second kappa shape index (κ2) is 8.87. The van der Waals surface area contributed by atoms with Crippen molar-refractivity contribution < 1.29 is 19.1 Å². The summed E-state index contributed by atoms with van der Waals surface area (Å²) in [5.74, 6) is -0.658. The SMILES string of the molecule is COc1ccc(C=NNC(=O)C(=O)Nc2ccc(C)c(Cl)c2)cc1OC. The third kappa shape index (κ3) is 4.97. The number of nitrogens with zero attached hydrogens (tertiary/aromatic N) is 1. The normalized spacial score (nSPS) is 10.5. The van der Waals surface area contributed by atoms with Crippen molar-refractivity contribution in [1.29, 1.82) is 0 Å². The number of aryl methyl sites for hydroxylation is 1. The van der Waals surface area contributed by atoms with Gasteiger partial charge in [-0.25, -0.2) is 5.43 Å². The maximum atomic E-state index is 11.9. The summed E-state index contributed by atoms with van der Waals surface area (Å²) >= 11 is 5.98. The third-order valence-corrected chi connectivity index (χ3v) is 3.83. The first-order chi connectivity index (χ1) is 12.4. The van der Waals surface area contributed by atoms with Crippen LogP contribution in [0.1, 0.15) is 11.1 Å². The Morgan fingerprint density at radius 3 is 2.42 bits per heavy atom. The molecule has 0 saturated carbocycles. The van der Waals surface area contributed by atoms with E-state index in [0.717, 1.165) is 5.56 Å². The van der Waals surface area contributed by atoms with Crippen LogP contribution >= 0.6 is 11.6 Å². The monoisotopic (exact) mass is 375 g/mol. The molecule has 8 heteroatoms. The summed E-state index contributed by atoms with van der Waals surface area (Å²) in [5.41, 5.74) is 4.11. The number of carbonyl (C=O) groups is 2. The predicted octanol–water partition coefficient (Wildman–Crippen LogP) is 2.75. The largest absolute Gasteiger partial charge is 0.493 e. The Bertz CT molecular complexity index is 852. The minimum Gasteiger partial charge on any atom is -0.493 e. The molecule has 0 atom stereocenters. The van der Waals surface area contributed by atoms with Crippen LogP contribution in [0.5, 0.6) is 11.5 Å². The zero-order chi connectivity index (χ0) is 19.1. The standard InChI is InChI=1S/C18H18ClN3O4/c1-11-4-6-13(9-14(11)19)21-17(23)18(24)22-20-10-12-5-7-15(25-2)16(8-12)26-3/h4-10H,1-3H3,(H,21,23)(H,22,24). The number of rotatable bonds is 5. The zero-order valence-electron chi connectivity index (χ0n) is 14.5. The average molecular weight is 376 g/mol. The van der Waals surface area contributed by atoms with Crippen LogP contribution in [-0.4, -0.2) is 32.2 Å². The van der Waals surface area contributed by atoms with Crippen LogP contribution in [0.15, 0.2) is 41.5 Å². The van der Waals surface area contributed by atoms with Crippen molar-refractivity contribution in [3.63, 3.8) is 0 Å². The van der Waals surface area contributed by atoms with Crippen molar-refractivity contribution >= 4 is 35.3 Å². The molecule has 0 bridgehead atoms. The van der Waals surface area contributed by atoms with E-state index < -0.39 is 11.8 Å². The van der Waals surface area contributed by atoms with Gasteiger partial charge >= 0.3 is 11.8 Å². The summed E-state index contributed by atoms with van der Waals surface area (Å²) in [4.78, 5) is 23.7. The van der Waals surface area contributed by atoms with E-state index in [4.69, 9.17) is 21.1 Å². The molecule has 136 valence electrons. The Morgan fingerprint density at radius 1 is 1.04 bits per heavy atom. The van der Waals surface area contributed by atoms with Crippen molar-refractivity contribution in [3.8, 4) is 11.5 Å². The second-order valence-corrected chi connectivity index (χ2v) is 5.64. The number of halogens is 1. The Kier molecular flexibility index (Phi) is 6.57. The molecule has 0 aliphatic carbocycles. The molecule has 0 aliphatic rings. The molecule has 0 aromatic heterocycles. The van der Waals surface area contributed by atoms with Crippen molar-refractivity contribution in [3.05, 3.63) is 52.5 Å². The smallest absolute Gasteiger partial charge is 0.329 e. The first-order valence-corrected chi connectivity index (χ1v) is 7.95. The topological polar surface area (TPSA) is 89.0 Å². The van der Waals surface area contributed by atoms with E-state index in [1.807, 2.05) is 6.92 Å². The summed E-state index contributed by atoms with van der Waals surface area (Å²) in [7, 11) is 3.05. The minimum absolute atomic E-state index is 0.421. The highest BCUT2D eigenvalue weighted by Gasteiger charge is 2.13. The molecule has 7 nitrogen and oxygen atoms in total. The summed E-state index contributed by atoms with van der Waals surface area (Å²) in [6.07, 6.45) is 1.38. The van der Waals surface area contributed by atoms with Gasteiger partial charge in [0.05, 0.1) is 20.4 Å². The molecular weight excluding hydrogens is 358 g/mol. The molecule has 0 fully saturated rings. The van der Waals surface area contributed by atoms with E-state index in [1.54, 1.807) is 36.4 Å². The van der Waals surface area contributed by atoms with Gasteiger partial charge < -0.3 is 14.8 Å². The first-order valence-electron chi connectivity index (χ1n) is 7.57. The fourth-order valence-corrected chi connectivity index (χ4v) is 2.19. The van der Waals surface area contributed by atoms with Crippen molar-refractivity contribution in [2.45, 2.75) is 6.92 Å². The van der Waals surface area contributed by atoms with E-state index in [1.165, 1.54) is 20.4 Å². The average Bonchev–Trinajstić information content (AvgIpc) is 2.64. The highest BCUT2D eigenvalue weighted by molar-refractivity contribution is 6.39. The van der Waals surface area contributed by atoms with Crippen LogP contribution in [0.25, 0.3) is 0 Å². The Labute approximate surface area is 155 Å². The lowest BCUT2D eigenvalue weighted by atomic mass is 10.2. The predicted molar refractivity (Wildman–Crippen MR) is 100 cm³/mol. The van der Waals surface area contributed by atoms with Crippen LogP contribution < -0.4 is 20.2 Å². The number of hydrogen-bond acceptors (Lipinski definition) is 5. The quantitative estimate of drug-likeness (QED) is 0.477. The molecule has 0 unspecified atom stereocenters.